The second kappa shape index (κ2) is 8.73. The molecule has 8 N–H and O–H groups in total. The highest BCUT2D eigenvalue weighted by atomic mass is 31.3. The highest BCUT2D eigenvalue weighted by Gasteiger charge is 2.47. The van der Waals surface area contributed by atoms with Crippen LogP contribution in [0.2, 0.25) is 0 Å². The molecule has 0 saturated carbocycles. The first-order valence-corrected chi connectivity index (χ1v) is 12.6. The maximum atomic E-state index is 13.5. The summed E-state index contributed by atoms with van der Waals surface area (Å²) in [5.74, 6) is -0.316. The summed E-state index contributed by atoms with van der Waals surface area (Å²) in [6.07, 6.45) is -6.68. The molecule has 0 radical (unpaired) electrons. The number of phosphoric acid groups is 3. The van der Waals surface area contributed by atoms with Gasteiger partial charge in [-0.3, -0.25) is 9.09 Å². The molecule has 2 aromatic heterocycles. The Labute approximate surface area is 175 Å². The van der Waals surface area contributed by atoms with Crippen molar-refractivity contribution < 1.29 is 65.8 Å². The quantitative estimate of drug-likeness (QED) is 0.153. The molecule has 1 saturated heterocycles. The smallest absolute Gasteiger partial charge is 0.387 e. The molecule has 180 valence electrons. The molecule has 18 nitrogen and oxygen atoms in total. The molecule has 3 unspecified atom stereocenters. The Kier molecular flexibility index (Phi) is 6.88. The normalized spacial score (nSPS) is 28.0. The highest BCUT2D eigenvalue weighted by molar-refractivity contribution is 7.66. The van der Waals surface area contributed by atoms with E-state index in [1.165, 1.54) is 0 Å². The Morgan fingerprint density at radius 3 is 2.38 bits per heavy atom. The molecule has 0 spiro atoms. The van der Waals surface area contributed by atoms with Gasteiger partial charge in [-0.2, -0.15) is 23.0 Å². The summed E-state index contributed by atoms with van der Waals surface area (Å²) in [5, 5.41) is 20.4. The van der Waals surface area contributed by atoms with Gasteiger partial charge in [0, 0.05) is 0 Å². The summed E-state index contributed by atoms with van der Waals surface area (Å²) in [7, 11) is -16.8. The van der Waals surface area contributed by atoms with Crippen molar-refractivity contribution in [2.75, 3.05) is 12.3 Å². The van der Waals surface area contributed by atoms with E-state index < -0.39 is 60.7 Å². The fraction of sp³-hybridized carbons (Fsp3) is 0.500. The number of imidazole rings is 1. The molecular formula is C10H15FN5O13P3. The Morgan fingerprint density at radius 1 is 1.09 bits per heavy atom. The standard InChI is InChI=1S/C10H15FN5O13P3/c11-10-14-7(12)4-8(15-10)16(2-13-4)9-6(18)5(17)3(27-9)1-26-31(22,23)29-32(24,25)28-30(19,20)21/h2-3,5-6,9,17-18H,1H2,(H,22,23)(H,24,25)(H2,12,14,15)(H2,19,20,21)/t3-,5-,6-,9?/m1/s1. The minimum absolute atomic E-state index is 0.0478. The van der Waals surface area contributed by atoms with Crippen LogP contribution in [0.15, 0.2) is 6.33 Å². The van der Waals surface area contributed by atoms with E-state index in [1.54, 1.807) is 0 Å². The van der Waals surface area contributed by atoms with Gasteiger partial charge in [0.05, 0.1) is 12.9 Å². The maximum absolute atomic E-state index is 13.5. The van der Waals surface area contributed by atoms with Crippen molar-refractivity contribution in [3.05, 3.63) is 12.4 Å². The highest BCUT2D eigenvalue weighted by Crippen LogP contribution is 2.66. The van der Waals surface area contributed by atoms with Crippen LogP contribution < -0.4 is 5.73 Å². The number of fused-ring (bicyclic) bond motifs is 1. The molecule has 32 heavy (non-hydrogen) atoms. The summed E-state index contributed by atoms with van der Waals surface area (Å²) in [4.78, 5) is 46.1. The summed E-state index contributed by atoms with van der Waals surface area (Å²) in [6, 6.07) is 0. The van der Waals surface area contributed by atoms with Crippen LogP contribution in [0.1, 0.15) is 6.23 Å². The second-order valence-corrected chi connectivity index (χ2v) is 10.6. The van der Waals surface area contributed by atoms with Crippen molar-refractivity contribution >= 4 is 40.4 Å². The SMILES string of the molecule is Nc1nc(F)nc2c1ncn2C1O[C@H](COP(=O)(O)OP(=O)(O)OP(=O)(O)O)[C@@H](O)[C@H]1O. The lowest BCUT2D eigenvalue weighted by atomic mass is 10.1. The first-order chi connectivity index (χ1) is 14.6. The Balaban J connectivity index is 1.72. The van der Waals surface area contributed by atoms with Crippen LogP contribution in [0.3, 0.4) is 0 Å². The molecule has 3 rings (SSSR count). The first-order valence-electron chi connectivity index (χ1n) is 8.04. The van der Waals surface area contributed by atoms with Crippen LogP contribution in [0.25, 0.3) is 11.2 Å². The number of phosphoric ester groups is 1. The third kappa shape index (κ3) is 5.73. The Morgan fingerprint density at radius 2 is 1.75 bits per heavy atom. The van der Waals surface area contributed by atoms with Crippen LogP contribution in [-0.2, 0) is 31.6 Å². The lowest BCUT2D eigenvalue weighted by Gasteiger charge is -2.19. The van der Waals surface area contributed by atoms with Gasteiger partial charge in [0.25, 0.3) is 0 Å². The summed E-state index contributed by atoms with van der Waals surface area (Å²) >= 11 is 0. The van der Waals surface area contributed by atoms with Crippen molar-refractivity contribution in [3.8, 4) is 0 Å². The van der Waals surface area contributed by atoms with E-state index in [1.807, 2.05) is 0 Å². The second-order valence-electron chi connectivity index (χ2n) is 6.13. The van der Waals surface area contributed by atoms with Crippen molar-refractivity contribution in [3.63, 3.8) is 0 Å². The van der Waals surface area contributed by atoms with Crippen LogP contribution in [0.5, 0.6) is 0 Å². The minimum atomic E-state index is -5.74. The molecule has 2 aromatic rings. The third-order valence-electron chi connectivity index (χ3n) is 3.85. The maximum Gasteiger partial charge on any atom is 0.490 e. The number of aliphatic hydroxyl groups is 2. The molecule has 1 aliphatic rings. The number of ether oxygens (including phenoxy) is 1. The van der Waals surface area contributed by atoms with Crippen molar-refractivity contribution in [2.45, 2.75) is 24.5 Å². The molecule has 1 aliphatic heterocycles. The average Bonchev–Trinajstić information content (AvgIpc) is 3.12. The zero-order chi connectivity index (χ0) is 24.1. The Hall–Kier alpha value is -1.43. The van der Waals surface area contributed by atoms with Crippen LogP contribution in [-0.4, -0.2) is 74.2 Å². The van der Waals surface area contributed by atoms with E-state index >= 15 is 0 Å². The van der Waals surface area contributed by atoms with Gasteiger partial charge < -0.3 is 40.3 Å². The number of aromatic nitrogens is 4. The molecule has 0 aliphatic carbocycles. The van der Waals surface area contributed by atoms with E-state index in [2.05, 4.69) is 28.1 Å². The van der Waals surface area contributed by atoms with Gasteiger partial charge in [-0.25, -0.2) is 18.7 Å². The van der Waals surface area contributed by atoms with Gasteiger partial charge in [-0.05, 0) is 0 Å². The molecular weight excluding hydrogens is 510 g/mol. The predicted molar refractivity (Wildman–Crippen MR) is 95.4 cm³/mol. The third-order valence-corrected chi connectivity index (χ3v) is 7.65. The number of nitrogen functional groups attached to an aromatic ring is 1. The number of aliphatic hydroxyl groups excluding tert-OH is 2. The zero-order valence-corrected chi connectivity index (χ0v) is 17.9. The fourth-order valence-corrected chi connectivity index (χ4v) is 5.69. The van der Waals surface area contributed by atoms with Gasteiger partial charge in [0.2, 0.25) is 0 Å². The molecule has 3 heterocycles. The van der Waals surface area contributed by atoms with Gasteiger partial charge in [-0.1, -0.05) is 0 Å². The number of nitrogens with zero attached hydrogens (tertiary/aromatic N) is 4. The molecule has 1 fully saturated rings. The van der Waals surface area contributed by atoms with Gasteiger partial charge in [-0.15, -0.1) is 0 Å². The van der Waals surface area contributed by atoms with Crippen molar-refractivity contribution in [1.82, 2.24) is 19.5 Å². The first kappa shape index (κ1) is 25.2. The summed E-state index contributed by atoms with van der Waals surface area (Å²) < 4.78 is 65.0. The van der Waals surface area contributed by atoms with Crippen LogP contribution >= 0.6 is 23.5 Å². The Bertz CT molecular complexity index is 1160. The van der Waals surface area contributed by atoms with Crippen molar-refractivity contribution in [1.29, 1.82) is 0 Å². The van der Waals surface area contributed by atoms with Crippen LogP contribution in [0.4, 0.5) is 10.2 Å². The zero-order valence-electron chi connectivity index (χ0n) is 15.2. The van der Waals surface area contributed by atoms with Gasteiger partial charge in [0.1, 0.15) is 18.3 Å². The number of hydrogen-bond donors (Lipinski definition) is 7. The molecule has 0 aromatic carbocycles. The van der Waals surface area contributed by atoms with E-state index in [4.69, 9.17) is 25.2 Å². The van der Waals surface area contributed by atoms with E-state index in [0.717, 1.165) is 10.9 Å². The summed E-state index contributed by atoms with van der Waals surface area (Å²) in [5.41, 5.74) is 5.27. The number of anilines is 1. The largest absolute Gasteiger partial charge is 0.490 e. The molecule has 0 bridgehead atoms. The molecule has 6 atom stereocenters. The summed E-state index contributed by atoms with van der Waals surface area (Å²) in [6.45, 7) is -1.03. The average molecular weight is 525 g/mol. The number of rotatable bonds is 8. The van der Waals surface area contributed by atoms with E-state index in [0.29, 0.717) is 0 Å². The minimum Gasteiger partial charge on any atom is -0.387 e. The van der Waals surface area contributed by atoms with Crippen molar-refractivity contribution in [2.24, 2.45) is 0 Å². The van der Waals surface area contributed by atoms with Crippen LogP contribution in [0, 0.1) is 6.08 Å². The fourth-order valence-electron chi connectivity index (χ4n) is 2.66. The lowest BCUT2D eigenvalue weighted by Crippen LogP contribution is -2.33. The van der Waals surface area contributed by atoms with Gasteiger partial charge >= 0.3 is 29.5 Å². The lowest BCUT2D eigenvalue weighted by molar-refractivity contribution is -0.0503. The molecule has 0 amide bonds. The number of hydrogen-bond acceptors (Lipinski definition) is 13. The monoisotopic (exact) mass is 525 g/mol. The van der Waals surface area contributed by atoms with Gasteiger partial charge in [0.15, 0.2) is 23.2 Å². The van der Waals surface area contributed by atoms with E-state index in [9.17, 15) is 33.2 Å². The predicted octanol–water partition coefficient (Wildman–Crippen LogP) is -1.49. The number of halogens is 1. The number of nitrogens with two attached hydrogens (primary N) is 1. The van der Waals surface area contributed by atoms with E-state index in [-0.39, 0.29) is 17.0 Å². The topological polar surface area (TPSA) is 279 Å². The molecule has 22 heteroatoms.